The normalized spacial score (nSPS) is 14.9. The molecule has 1 N–H and O–H groups in total. The van der Waals surface area contributed by atoms with Gasteiger partial charge in [0.15, 0.2) is 0 Å². The summed E-state index contributed by atoms with van der Waals surface area (Å²) in [6.07, 6.45) is 0. The van der Waals surface area contributed by atoms with Gasteiger partial charge in [-0.15, -0.1) is 0 Å². The average molecular weight is 340 g/mol. The van der Waals surface area contributed by atoms with Gasteiger partial charge in [0.2, 0.25) is 5.91 Å². The number of thioether (sulfide) groups is 1. The fourth-order valence-corrected chi connectivity index (χ4v) is 2.97. The zero-order valence-corrected chi connectivity index (χ0v) is 12.7. The number of anilines is 1. The van der Waals surface area contributed by atoms with Crippen molar-refractivity contribution in [2.24, 2.45) is 0 Å². The molecule has 0 atom stereocenters. The molecule has 1 aliphatic rings. The lowest BCUT2D eigenvalue weighted by atomic mass is 10.3. The molecule has 8 heteroatoms. The highest BCUT2D eigenvalue weighted by molar-refractivity contribution is 8.13. The van der Waals surface area contributed by atoms with Gasteiger partial charge in [-0.3, -0.25) is 9.59 Å². The Labute approximate surface area is 129 Å². The number of nitrogens with zero attached hydrogens (tertiary/aromatic N) is 1. The Bertz CT molecular complexity index is 539. The van der Waals surface area contributed by atoms with Gasteiger partial charge in [0, 0.05) is 12.3 Å². The lowest BCUT2D eigenvalue weighted by Crippen LogP contribution is -2.33. The van der Waals surface area contributed by atoms with Crippen LogP contribution in [0, 0.1) is 0 Å². The van der Waals surface area contributed by atoms with Crippen molar-refractivity contribution >= 4 is 63.4 Å². The van der Waals surface area contributed by atoms with Crippen molar-refractivity contribution in [1.29, 1.82) is 0 Å². The fraction of sp³-hybridized carbons (Fsp3) is 0.273. The van der Waals surface area contributed by atoms with Gasteiger partial charge in [-0.05, 0) is 12.1 Å². The third-order valence-electron chi connectivity index (χ3n) is 2.46. The van der Waals surface area contributed by atoms with Gasteiger partial charge in [0.05, 0.1) is 20.8 Å². The van der Waals surface area contributed by atoms with Crippen LogP contribution in [0.2, 0.25) is 15.1 Å². The summed E-state index contributed by atoms with van der Waals surface area (Å²) in [5.41, 5.74) is 0.375. The summed E-state index contributed by atoms with van der Waals surface area (Å²) >= 11 is 18.8. The van der Waals surface area contributed by atoms with E-state index >= 15 is 0 Å². The van der Waals surface area contributed by atoms with E-state index in [0.29, 0.717) is 33.1 Å². The van der Waals surface area contributed by atoms with E-state index in [9.17, 15) is 9.59 Å². The molecule has 1 saturated heterocycles. The molecular weight excluding hydrogens is 331 g/mol. The number of halogens is 3. The molecule has 0 aromatic heterocycles. The van der Waals surface area contributed by atoms with Crippen LogP contribution in [0.5, 0.6) is 0 Å². The molecule has 2 amide bonds. The first kappa shape index (κ1) is 14.8. The van der Waals surface area contributed by atoms with Crippen molar-refractivity contribution in [2.45, 2.75) is 0 Å². The highest BCUT2D eigenvalue weighted by atomic mass is 35.5. The molecule has 0 saturated carbocycles. The van der Waals surface area contributed by atoms with Crippen molar-refractivity contribution < 1.29 is 9.59 Å². The van der Waals surface area contributed by atoms with Crippen molar-refractivity contribution in [1.82, 2.24) is 4.90 Å². The van der Waals surface area contributed by atoms with E-state index in [1.165, 1.54) is 28.8 Å². The standard InChI is InChI=1S/C11H9Cl3N2O2S/c12-6-3-8(14)9(4-7(6)13)15-10(17)5-16-1-2-19-11(16)18/h3-4H,1-2,5H2,(H,15,17). The minimum absolute atomic E-state index is 0.00239. The maximum absolute atomic E-state index is 11.8. The van der Waals surface area contributed by atoms with Gasteiger partial charge < -0.3 is 10.2 Å². The SMILES string of the molecule is O=C(CN1CCSC1=O)Nc1cc(Cl)c(Cl)cc1Cl. The molecule has 1 heterocycles. The molecule has 4 nitrogen and oxygen atoms in total. The summed E-state index contributed by atoms with van der Waals surface area (Å²) in [5, 5.41) is 3.43. The largest absolute Gasteiger partial charge is 0.323 e. The number of amides is 2. The number of hydrogen-bond acceptors (Lipinski definition) is 3. The Kier molecular flexibility index (Phi) is 4.84. The van der Waals surface area contributed by atoms with Crippen LogP contribution in [0.15, 0.2) is 12.1 Å². The molecule has 2 rings (SSSR count). The van der Waals surface area contributed by atoms with E-state index in [1.807, 2.05) is 0 Å². The zero-order chi connectivity index (χ0) is 14.0. The molecule has 1 aromatic rings. The van der Waals surface area contributed by atoms with E-state index in [1.54, 1.807) is 0 Å². The van der Waals surface area contributed by atoms with Crippen LogP contribution >= 0.6 is 46.6 Å². The second-order valence-corrected chi connectivity index (χ2v) is 6.10. The second kappa shape index (κ2) is 6.22. The lowest BCUT2D eigenvalue weighted by Gasteiger charge is -2.14. The number of benzene rings is 1. The summed E-state index contributed by atoms with van der Waals surface area (Å²) in [7, 11) is 0. The van der Waals surface area contributed by atoms with E-state index in [-0.39, 0.29) is 17.7 Å². The highest BCUT2D eigenvalue weighted by Gasteiger charge is 2.23. The Balaban J connectivity index is 2.02. The van der Waals surface area contributed by atoms with Crippen LogP contribution in [0.4, 0.5) is 10.5 Å². The first-order valence-electron chi connectivity index (χ1n) is 5.33. The fourth-order valence-electron chi connectivity index (χ4n) is 1.55. The molecule has 0 bridgehead atoms. The molecule has 1 aliphatic heterocycles. The maximum atomic E-state index is 11.8. The maximum Gasteiger partial charge on any atom is 0.282 e. The van der Waals surface area contributed by atoms with Crippen LogP contribution in [-0.2, 0) is 4.79 Å². The number of carbonyl (C=O) groups is 2. The predicted octanol–water partition coefficient (Wildman–Crippen LogP) is 3.75. The van der Waals surface area contributed by atoms with E-state index in [0.717, 1.165) is 0 Å². The van der Waals surface area contributed by atoms with Crippen molar-refractivity contribution in [3.63, 3.8) is 0 Å². The van der Waals surface area contributed by atoms with Crippen LogP contribution in [-0.4, -0.2) is 34.9 Å². The molecule has 0 radical (unpaired) electrons. The summed E-state index contributed by atoms with van der Waals surface area (Å²) in [6.45, 7) is 0.578. The molecule has 0 spiro atoms. The smallest absolute Gasteiger partial charge is 0.282 e. The highest BCUT2D eigenvalue weighted by Crippen LogP contribution is 2.32. The van der Waals surface area contributed by atoms with Crippen LogP contribution in [0.25, 0.3) is 0 Å². The van der Waals surface area contributed by atoms with E-state index in [2.05, 4.69) is 5.32 Å². The second-order valence-electron chi connectivity index (χ2n) is 3.83. The summed E-state index contributed by atoms with van der Waals surface area (Å²) in [6, 6.07) is 2.93. The lowest BCUT2D eigenvalue weighted by molar-refractivity contribution is -0.116. The van der Waals surface area contributed by atoms with E-state index < -0.39 is 0 Å². The van der Waals surface area contributed by atoms with Gasteiger partial charge in [0.25, 0.3) is 5.24 Å². The van der Waals surface area contributed by atoms with Crippen molar-refractivity contribution in [2.75, 3.05) is 24.2 Å². The molecule has 1 aromatic carbocycles. The van der Waals surface area contributed by atoms with Gasteiger partial charge in [-0.2, -0.15) is 0 Å². The first-order chi connectivity index (χ1) is 8.97. The Hall–Kier alpha value is -0.620. The average Bonchev–Trinajstić information content (AvgIpc) is 2.72. The summed E-state index contributed by atoms with van der Waals surface area (Å²) < 4.78 is 0. The Morgan fingerprint density at radius 1 is 1.26 bits per heavy atom. The first-order valence-corrected chi connectivity index (χ1v) is 7.45. The Morgan fingerprint density at radius 2 is 1.95 bits per heavy atom. The quantitative estimate of drug-likeness (QED) is 0.853. The molecule has 102 valence electrons. The third-order valence-corrected chi connectivity index (χ3v) is 4.39. The van der Waals surface area contributed by atoms with Crippen molar-refractivity contribution in [3.05, 3.63) is 27.2 Å². The minimum Gasteiger partial charge on any atom is -0.323 e. The van der Waals surface area contributed by atoms with E-state index in [4.69, 9.17) is 34.8 Å². The number of carbonyl (C=O) groups excluding carboxylic acids is 2. The van der Waals surface area contributed by atoms with Crippen LogP contribution < -0.4 is 5.32 Å². The Morgan fingerprint density at radius 3 is 2.58 bits per heavy atom. The van der Waals surface area contributed by atoms with Gasteiger partial charge in [0.1, 0.15) is 6.54 Å². The zero-order valence-electron chi connectivity index (χ0n) is 9.58. The molecular formula is C11H9Cl3N2O2S. The monoisotopic (exact) mass is 338 g/mol. The third kappa shape index (κ3) is 3.69. The molecule has 0 unspecified atom stereocenters. The van der Waals surface area contributed by atoms with Crippen LogP contribution in [0.1, 0.15) is 0 Å². The minimum atomic E-state index is -0.323. The molecule has 19 heavy (non-hydrogen) atoms. The van der Waals surface area contributed by atoms with Gasteiger partial charge >= 0.3 is 0 Å². The number of rotatable bonds is 3. The topological polar surface area (TPSA) is 49.4 Å². The van der Waals surface area contributed by atoms with Crippen LogP contribution in [0.3, 0.4) is 0 Å². The molecule has 1 fully saturated rings. The number of nitrogens with one attached hydrogen (secondary N) is 1. The predicted molar refractivity (Wildman–Crippen MR) is 79.5 cm³/mol. The summed E-state index contributed by atoms with van der Waals surface area (Å²) in [4.78, 5) is 24.7. The van der Waals surface area contributed by atoms with Gasteiger partial charge in [-0.1, -0.05) is 46.6 Å². The number of hydrogen-bond donors (Lipinski definition) is 1. The van der Waals surface area contributed by atoms with Gasteiger partial charge in [-0.25, -0.2) is 0 Å². The summed E-state index contributed by atoms with van der Waals surface area (Å²) in [5.74, 6) is 0.385. The molecule has 0 aliphatic carbocycles. The van der Waals surface area contributed by atoms with Crippen molar-refractivity contribution in [3.8, 4) is 0 Å².